The molecule has 1 N–H and O–H groups in total. The summed E-state index contributed by atoms with van der Waals surface area (Å²) in [6, 6.07) is 4.91. The molecule has 1 heterocycles. The van der Waals surface area contributed by atoms with Crippen molar-refractivity contribution in [3.8, 4) is 5.75 Å². The highest BCUT2D eigenvalue weighted by molar-refractivity contribution is 9.10. The monoisotopic (exact) mass is 358 g/mol. The third kappa shape index (κ3) is 4.68. The Bertz CT molecular complexity index is 493. The van der Waals surface area contributed by atoms with Crippen molar-refractivity contribution in [3.63, 3.8) is 0 Å². The Morgan fingerprint density at radius 3 is 2.86 bits per heavy atom. The lowest BCUT2D eigenvalue weighted by atomic mass is 10.1. The van der Waals surface area contributed by atoms with E-state index >= 15 is 0 Å². The fourth-order valence-corrected chi connectivity index (χ4v) is 2.75. The van der Waals surface area contributed by atoms with Crippen LogP contribution in [0.5, 0.6) is 5.75 Å². The summed E-state index contributed by atoms with van der Waals surface area (Å²) in [5.41, 5.74) is 0. The van der Waals surface area contributed by atoms with E-state index in [0.717, 1.165) is 25.9 Å². The summed E-state index contributed by atoms with van der Waals surface area (Å²) in [6.07, 6.45) is 2.21. The first-order chi connectivity index (χ1) is 10.1. The van der Waals surface area contributed by atoms with Gasteiger partial charge in [0.2, 0.25) is 5.91 Å². The highest BCUT2D eigenvalue weighted by Crippen LogP contribution is 2.21. The van der Waals surface area contributed by atoms with Crippen LogP contribution in [0.25, 0.3) is 0 Å². The Labute approximate surface area is 132 Å². The van der Waals surface area contributed by atoms with E-state index in [-0.39, 0.29) is 24.7 Å². The molecule has 21 heavy (non-hydrogen) atoms. The molecule has 1 aromatic rings. The Balaban J connectivity index is 1.78. The molecule has 0 bridgehead atoms. The van der Waals surface area contributed by atoms with E-state index in [1.54, 1.807) is 17.0 Å². The standard InChI is InChI=1S/C15H20BrFN2O2/c1-19(12-4-7-18-8-5-12)15(20)6-9-21-14-3-2-11(16)10-13(14)17/h2-3,10,12,18H,4-9H2,1H3. The first kappa shape index (κ1) is 16.2. The number of carbonyl (C=O) groups is 1. The molecule has 0 aromatic heterocycles. The molecule has 0 atom stereocenters. The van der Waals surface area contributed by atoms with Gasteiger partial charge in [0.25, 0.3) is 0 Å². The molecule has 6 heteroatoms. The number of benzene rings is 1. The van der Waals surface area contributed by atoms with Crippen LogP contribution in [0.2, 0.25) is 0 Å². The molecular weight excluding hydrogens is 339 g/mol. The minimum absolute atomic E-state index is 0.0411. The van der Waals surface area contributed by atoms with Gasteiger partial charge in [0.1, 0.15) is 0 Å². The molecule has 1 saturated heterocycles. The van der Waals surface area contributed by atoms with Crippen molar-refractivity contribution < 1.29 is 13.9 Å². The summed E-state index contributed by atoms with van der Waals surface area (Å²) in [5, 5.41) is 3.28. The molecule has 1 aliphatic heterocycles. The molecule has 0 saturated carbocycles. The summed E-state index contributed by atoms with van der Waals surface area (Å²) < 4.78 is 19.6. The maximum Gasteiger partial charge on any atom is 0.225 e. The molecule has 4 nitrogen and oxygen atoms in total. The second-order valence-corrected chi connectivity index (χ2v) is 6.07. The first-order valence-corrected chi connectivity index (χ1v) is 7.91. The Kier molecular flexibility index (Phi) is 5.99. The normalized spacial score (nSPS) is 15.8. The zero-order valence-electron chi connectivity index (χ0n) is 12.1. The van der Waals surface area contributed by atoms with Gasteiger partial charge in [-0.3, -0.25) is 4.79 Å². The van der Waals surface area contributed by atoms with E-state index in [4.69, 9.17) is 4.74 Å². The Morgan fingerprint density at radius 1 is 1.48 bits per heavy atom. The summed E-state index contributed by atoms with van der Waals surface area (Å²) in [5.74, 6) is -0.210. The second-order valence-electron chi connectivity index (χ2n) is 5.16. The summed E-state index contributed by atoms with van der Waals surface area (Å²) in [7, 11) is 1.83. The Morgan fingerprint density at radius 2 is 2.19 bits per heavy atom. The van der Waals surface area contributed by atoms with Crippen LogP contribution in [0.15, 0.2) is 22.7 Å². The summed E-state index contributed by atoms with van der Waals surface area (Å²) >= 11 is 3.19. The Hall–Kier alpha value is -1.14. The van der Waals surface area contributed by atoms with Crippen molar-refractivity contribution in [2.24, 2.45) is 0 Å². The van der Waals surface area contributed by atoms with Crippen LogP contribution in [0.3, 0.4) is 0 Å². The third-order valence-corrected chi connectivity index (χ3v) is 4.21. The minimum atomic E-state index is -0.427. The van der Waals surface area contributed by atoms with Gasteiger partial charge in [-0.15, -0.1) is 0 Å². The van der Waals surface area contributed by atoms with Gasteiger partial charge in [-0.2, -0.15) is 0 Å². The molecular formula is C15H20BrFN2O2. The molecule has 1 aromatic carbocycles. The number of nitrogens with zero attached hydrogens (tertiary/aromatic N) is 1. The van der Waals surface area contributed by atoms with E-state index in [0.29, 0.717) is 10.5 Å². The number of nitrogens with one attached hydrogen (secondary N) is 1. The summed E-state index contributed by atoms with van der Waals surface area (Å²) in [4.78, 5) is 13.9. The average molecular weight is 359 g/mol. The number of carbonyl (C=O) groups excluding carboxylic acids is 1. The average Bonchev–Trinajstić information content (AvgIpc) is 2.49. The van der Waals surface area contributed by atoms with Crippen molar-refractivity contribution in [2.75, 3.05) is 26.7 Å². The van der Waals surface area contributed by atoms with Gasteiger partial charge in [-0.05, 0) is 44.1 Å². The maximum atomic E-state index is 13.6. The van der Waals surface area contributed by atoms with Crippen molar-refractivity contribution in [1.82, 2.24) is 10.2 Å². The van der Waals surface area contributed by atoms with Crippen LogP contribution in [0.4, 0.5) is 4.39 Å². The van der Waals surface area contributed by atoms with Gasteiger partial charge in [0, 0.05) is 17.6 Å². The van der Waals surface area contributed by atoms with Crippen LogP contribution in [0.1, 0.15) is 19.3 Å². The highest BCUT2D eigenvalue weighted by atomic mass is 79.9. The van der Waals surface area contributed by atoms with Gasteiger partial charge in [0.15, 0.2) is 11.6 Å². The van der Waals surface area contributed by atoms with Crippen molar-refractivity contribution in [1.29, 1.82) is 0 Å². The SMILES string of the molecule is CN(C(=O)CCOc1ccc(Br)cc1F)C1CCNCC1. The smallest absolute Gasteiger partial charge is 0.225 e. The van der Waals surface area contributed by atoms with E-state index < -0.39 is 5.82 Å². The number of rotatable bonds is 5. The lowest BCUT2D eigenvalue weighted by Crippen LogP contribution is -2.44. The minimum Gasteiger partial charge on any atom is -0.490 e. The van der Waals surface area contributed by atoms with Gasteiger partial charge >= 0.3 is 0 Å². The molecule has 1 fully saturated rings. The topological polar surface area (TPSA) is 41.6 Å². The number of halogens is 2. The zero-order chi connectivity index (χ0) is 15.2. The quantitative estimate of drug-likeness (QED) is 0.879. The largest absolute Gasteiger partial charge is 0.490 e. The molecule has 0 radical (unpaired) electrons. The lowest BCUT2D eigenvalue weighted by molar-refractivity contribution is -0.132. The third-order valence-electron chi connectivity index (χ3n) is 3.72. The van der Waals surface area contributed by atoms with Crippen LogP contribution in [-0.2, 0) is 4.79 Å². The lowest BCUT2D eigenvalue weighted by Gasteiger charge is -2.31. The number of amides is 1. The summed E-state index contributed by atoms with van der Waals surface area (Å²) in [6.45, 7) is 2.08. The van der Waals surface area contributed by atoms with E-state index in [2.05, 4.69) is 21.2 Å². The van der Waals surface area contributed by atoms with Crippen LogP contribution >= 0.6 is 15.9 Å². The maximum absolute atomic E-state index is 13.6. The molecule has 1 amide bonds. The molecule has 0 unspecified atom stereocenters. The molecule has 2 rings (SSSR count). The number of ether oxygens (including phenoxy) is 1. The van der Waals surface area contributed by atoms with Crippen molar-refractivity contribution in [2.45, 2.75) is 25.3 Å². The highest BCUT2D eigenvalue weighted by Gasteiger charge is 2.21. The van der Waals surface area contributed by atoms with Gasteiger partial charge in [-0.25, -0.2) is 4.39 Å². The zero-order valence-corrected chi connectivity index (χ0v) is 13.7. The van der Waals surface area contributed by atoms with E-state index in [9.17, 15) is 9.18 Å². The predicted octanol–water partition coefficient (Wildman–Crippen LogP) is 2.57. The predicted molar refractivity (Wildman–Crippen MR) is 82.9 cm³/mol. The number of piperidine rings is 1. The molecule has 1 aliphatic rings. The van der Waals surface area contributed by atoms with Crippen LogP contribution in [0, 0.1) is 5.82 Å². The van der Waals surface area contributed by atoms with Gasteiger partial charge in [0.05, 0.1) is 13.0 Å². The fraction of sp³-hybridized carbons (Fsp3) is 0.533. The van der Waals surface area contributed by atoms with Crippen molar-refractivity contribution >= 4 is 21.8 Å². The molecule has 116 valence electrons. The first-order valence-electron chi connectivity index (χ1n) is 7.12. The molecule has 0 aliphatic carbocycles. The number of hydrogen-bond donors (Lipinski definition) is 1. The van der Waals surface area contributed by atoms with Crippen LogP contribution < -0.4 is 10.1 Å². The fourth-order valence-electron chi connectivity index (χ4n) is 2.41. The van der Waals surface area contributed by atoms with Crippen LogP contribution in [-0.4, -0.2) is 43.6 Å². The van der Waals surface area contributed by atoms with Gasteiger partial charge < -0.3 is 15.0 Å². The number of hydrogen-bond acceptors (Lipinski definition) is 3. The van der Waals surface area contributed by atoms with E-state index in [1.165, 1.54) is 6.07 Å². The van der Waals surface area contributed by atoms with Gasteiger partial charge in [-0.1, -0.05) is 15.9 Å². The molecule has 0 spiro atoms. The van der Waals surface area contributed by atoms with Crippen molar-refractivity contribution in [3.05, 3.63) is 28.5 Å². The van der Waals surface area contributed by atoms with E-state index in [1.807, 2.05) is 7.05 Å². The second kappa shape index (κ2) is 7.75.